The Morgan fingerprint density at radius 3 is 2.43 bits per heavy atom. The van der Waals surface area contributed by atoms with Crippen LogP contribution in [0.5, 0.6) is 5.75 Å². The molecular formula is C20H23F2N3O3. The summed E-state index contributed by atoms with van der Waals surface area (Å²) >= 11 is 0. The Bertz CT molecular complexity index is 796. The predicted octanol–water partition coefficient (Wildman–Crippen LogP) is 3.79. The first-order valence-electron chi connectivity index (χ1n) is 8.83. The van der Waals surface area contributed by atoms with E-state index >= 15 is 0 Å². The van der Waals surface area contributed by atoms with Crippen LogP contribution >= 0.6 is 0 Å². The highest BCUT2D eigenvalue weighted by atomic mass is 19.3. The van der Waals surface area contributed by atoms with Crippen molar-refractivity contribution in [2.45, 2.75) is 32.9 Å². The first-order chi connectivity index (χ1) is 13.3. The van der Waals surface area contributed by atoms with Gasteiger partial charge >= 0.3 is 12.6 Å². The second-order valence-corrected chi connectivity index (χ2v) is 6.36. The number of hydrogen-bond acceptors (Lipinski definition) is 3. The molecule has 2 aromatic carbocycles. The normalized spacial score (nSPS) is 10.6. The van der Waals surface area contributed by atoms with Crippen molar-refractivity contribution in [1.82, 2.24) is 10.6 Å². The lowest BCUT2D eigenvalue weighted by Gasteiger charge is -2.11. The number of alkyl halides is 2. The summed E-state index contributed by atoms with van der Waals surface area (Å²) in [6.07, 6.45) is 0.537. The second kappa shape index (κ2) is 10.2. The van der Waals surface area contributed by atoms with Crippen LogP contribution in [0.15, 0.2) is 48.5 Å². The molecule has 0 bridgehead atoms. The molecule has 0 atom stereocenters. The number of hydrogen-bond donors (Lipinski definition) is 3. The lowest BCUT2D eigenvalue weighted by molar-refractivity contribution is -0.0498. The predicted molar refractivity (Wildman–Crippen MR) is 103 cm³/mol. The Hall–Kier alpha value is -3.16. The summed E-state index contributed by atoms with van der Waals surface area (Å²) in [6, 6.07) is 12.5. The largest absolute Gasteiger partial charge is 0.435 e. The van der Waals surface area contributed by atoms with E-state index in [1.807, 2.05) is 13.8 Å². The van der Waals surface area contributed by atoms with Crippen LogP contribution in [-0.2, 0) is 6.42 Å². The molecule has 0 saturated carbocycles. The summed E-state index contributed by atoms with van der Waals surface area (Å²) in [5.41, 5.74) is 1.81. The van der Waals surface area contributed by atoms with Crippen LogP contribution in [0.2, 0.25) is 0 Å². The Morgan fingerprint density at radius 2 is 1.79 bits per heavy atom. The van der Waals surface area contributed by atoms with Gasteiger partial charge in [-0.15, -0.1) is 0 Å². The van der Waals surface area contributed by atoms with Crippen LogP contribution < -0.4 is 20.7 Å². The first kappa shape index (κ1) is 21.1. The SMILES string of the molecule is CC(C)NC(=O)Nc1cccc(C(=O)NCCc2ccc(OC(F)F)cc2)c1. The highest BCUT2D eigenvalue weighted by Gasteiger charge is 2.09. The summed E-state index contributed by atoms with van der Waals surface area (Å²) in [5, 5.41) is 8.17. The topological polar surface area (TPSA) is 79.5 Å². The molecule has 0 aliphatic rings. The quantitative estimate of drug-likeness (QED) is 0.641. The number of benzene rings is 2. The summed E-state index contributed by atoms with van der Waals surface area (Å²) < 4.78 is 28.6. The third-order valence-corrected chi connectivity index (χ3v) is 3.65. The molecule has 0 aliphatic heterocycles. The van der Waals surface area contributed by atoms with Crippen LogP contribution in [0.25, 0.3) is 0 Å². The van der Waals surface area contributed by atoms with Gasteiger partial charge in [-0.2, -0.15) is 8.78 Å². The molecule has 0 saturated heterocycles. The molecule has 2 rings (SSSR count). The number of anilines is 1. The van der Waals surface area contributed by atoms with Gasteiger partial charge in [-0.05, 0) is 56.2 Å². The van der Waals surface area contributed by atoms with E-state index in [4.69, 9.17) is 0 Å². The molecule has 6 nitrogen and oxygen atoms in total. The lowest BCUT2D eigenvalue weighted by Crippen LogP contribution is -2.34. The van der Waals surface area contributed by atoms with Crippen molar-refractivity contribution in [3.05, 3.63) is 59.7 Å². The van der Waals surface area contributed by atoms with Crippen molar-refractivity contribution in [1.29, 1.82) is 0 Å². The van der Waals surface area contributed by atoms with E-state index in [0.717, 1.165) is 5.56 Å². The number of rotatable bonds is 8. The fourth-order valence-corrected chi connectivity index (χ4v) is 2.43. The molecule has 0 spiro atoms. The number of nitrogens with one attached hydrogen (secondary N) is 3. The Kier molecular flexibility index (Phi) is 7.74. The minimum Gasteiger partial charge on any atom is -0.435 e. The molecular weight excluding hydrogens is 368 g/mol. The molecule has 3 amide bonds. The molecule has 0 radical (unpaired) electrons. The molecule has 0 aliphatic carbocycles. The zero-order valence-corrected chi connectivity index (χ0v) is 15.7. The molecule has 0 fully saturated rings. The zero-order chi connectivity index (χ0) is 20.5. The van der Waals surface area contributed by atoms with Gasteiger partial charge in [-0.1, -0.05) is 18.2 Å². The van der Waals surface area contributed by atoms with Gasteiger partial charge in [0.2, 0.25) is 0 Å². The van der Waals surface area contributed by atoms with Crippen molar-refractivity contribution in [2.24, 2.45) is 0 Å². The van der Waals surface area contributed by atoms with E-state index in [2.05, 4.69) is 20.7 Å². The van der Waals surface area contributed by atoms with Gasteiger partial charge < -0.3 is 20.7 Å². The van der Waals surface area contributed by atoms with Gasteiger partial charge in [0.05, 0.1) is 0 Å². The molecule has 8 heteroatoms. The first-order valence-corrected chi connectivity index (χ1v) is 8.83. The second-order valence-electron chi connectivity index (χ2n) is 6.36. The van der Waals surface area contributed by atoms with Crippen LogP contribution in [0.4, 0.5) is 19.3 Å². The number of amides is 3. The third kappa shape index (κ3) is 7.22. The van der Waals surface area contributed by atoms with E-state index in [1.54, 1.807) is 36.4 Å². The van der Waals surface area contributed by atoms with E-state index < -0.39 is 6.61 Å². The van der Waals surface area contributed by atoms with Crippen molar-refractivity contribution in [3.8, 4) is 5.75 Å². The minimum atomic E-state index is -2.85. The number of halogens is 2. The highest BCUT2D eigenvalue weighted by molar-refractivity contribution is 5.96. The van der Waals surface area contributed by atoms with Crippen LogP contribution in [0.3, 0.4) is 0 Å². The van der Waals surface area contributed by atoms with Gasteiger partial charge in [-0.25, -0.2) is 4.79 Å². The summed E-state index contributed by atoms with van der Waals surface area (Å²) in [5.74, 6) is -0.181. The third-order valence-electron chi connectivity index (χ3n) is 3.65. The van der Waals surface area contributed by atoms with E-state index in [1.165, 1.54) is 12.1 Å². The van der Waals surface area contributed by atoms with Crippen molar-refractivity contribution >= 4 is 17.6 Å². The molecule has 0 aromatic heterocycles. The van der Waals surface area contributed by atoms with Gasteiger partial charge in [0.15, 0.2) is 0 Å². The Morgan fingerprint density at radius 1 is 1.07 bits per heavy atom. The molecule has 0 heterocycles. The van der Waals surface area contributed by atoms with E-state index in [-0.39, 0.29) is 23.7 Å². The smallest absolute Gasteiger partial charge is 0.387 e. The van der Waals surface area contributed by atoms with Gasteiger partial charge in [0.1, 0.15) is 5.75 Å². The van der Waals surface area contributed by atoms with Crippen LogP contribution in [-0.4, -0.2) is 31.1 Å². The maximum Gasteiger partial charge on any atom is 0.387 e. The molecule has 0 unspecified atom stereocenters. The Labute approximate surface area is 162 Å². The fourth-order valence-electron chi connectivity index (χ4n) is 2.43. The number of urea groups is 1. The number of ether oxygens (including phenoxy) is 1. The highest BCUT2D eigenvalue weighted by Crippen LogP contribution is 2.15. The maximum atomic E-state index is 12.3. The molecule has 2 aromatic rings. The zero-order valence-electron chi connectivity index (χ0n) is 15.7. The van der Waals surface area contributed by atoms with Crippen LogP contribution in [0, 0.1) is 0 Å². The number of carbonyl (C=O) groups excluding carboxylic acids is 2. The average molecular weight is 391 g/mol. The fraction of sp³-hybridized carbons (Fsp3) is 0.300. The van der Waals surface area contributed by atoms with Gasteiger partial charge in [0.25, 0.3) is 5.91 Å². The standard InChI is InChI=1S/C20H23F2N3O3/c1-13(2)24-20(27)25-16-5-3-4-15(12-16)18(26)23-11-10-14-6-8-17(9-7-14)28-19(21)22/h3-9,12-13,19H,10-11H2,1-2H3,(H,23,26)(H2,24,25,27). The average Bonchev–Trinajstić information content (AvgIpc) is 2.62. The van der Waals surface area contributed by atoms with E-state index in [0.29, 0.717) is 24.2 Å². The van der Waals surface area contributed by atoms with Gasteiger partial charge in [-0.3, -0.25) is 4.79 Å². The molecule has 28 heavy (non-hydrogen) atoms. The van der Waals surface area contributed by atoms with Crippen molar-refractivity contribution in [2.75, 3.05) is 11.9 Å². The van der Waals surface area contributed by atoms with Crippen molar-refractivity contribution in [3.63, 3.8) is 0 Å². The maximum absolute atomic E-state index is 12.3. The minimum absolute atomic E-state index is 0.00230. The van der Waals surface area contributed by atoms with Gasteiger partial charge in [0, 0.05) is 23.8 Å². The van der Waals surface area contributed by atoms with E-state index in [9.17, 15) is 18.4 Å². The summed E-state index contributed by atoms with van der Waals surface area (Å²) in [4.78, 5) is 24.0. The lowest BCUT2D eigenvalue weighted by atomic mass is 10.1. The van der Waals surface area contributed by atoms with Crippen molar-refractivity contribution < 1.29 is 23.1 Å². The monoisotopic (exact) mass is 391 g/mol. The summed E-state index contributed by atoms with van der Waals surface area (Å²) in [7, 11) is 0. The Balaban J connectivity index is 1.84. The molecule has 150 valence electrons. The molecule has 3 N–H and O–H groups in total. The van der Waals surface area contributed by atoms with Crippen LogP contribution in [0.1, 0.15) is 29.8 Å². The summed E-state index contributed by atoms with van der Waals surface area (Å²) in [6.45, 7) is 1.22. The number of carbonyl (C=O) groups is 2.